The van der Waals surface area contributed by atoms with Crippen molar-refractivity contribution in [2.75, 3.05) is 27.3 Å². The summed E-state index contributed by atoms with van der Waals surface area (Å²) in [6, 6.07) is 5.85. The fourth-order valence-corrected chi connectivity index (χ4v) is 2.53. The van der Waals surface area contributed by atoms with Crippen LogP contribution < -0.4 is 20.1 Å². The van der Waals surface area contributed by atoms with E-state index >= 15 is 0 Å². The van der Waals surface area contributed by atoms with Gasteiger partial charge in [0.05, 0.1) is 14.2 Å². The highest BCUT2D eigenvalue weighted by atomic mass is 16.5. The molecule has 1 fully saturated rings. The molecule has 1 aliphatic rings. The summed E-state index contributed by atoms with van der Waals surface area (Å²) in [5.74, 6) is 0.902. The van der Waals surface area contributed by atoms with Crippen molar-refractivity contribution in [2.45, 2.75) is 25.3 Å². The van der Waals surface area contributed by atoms with Crippen molar-refractivity contribution in [2.24, 2.45) is 0 Å². The zero-order chi connectivity index (χ0) is 14.4. The topological polar surface area (TPSA) is 59.6 Å². The Hall–Kier alpha value is -1.75. The first-order valence-corrected chi connectivity index (χ1v) is 6.99. The minimum absolute atomic E-state index is 0.155. The summed E-state index contributed by atoms with van der Waals surface area (Å²) in [7, 11) is 3.10. The van der Waals surface area contributed by atoms with Crippen LogP contribution in [0.15, 0.2) is 18.2 Å². The lowest BCUT2D eigenvalue weighted by Gasteiger charge is -2.14. The molecule has 0 aliphatic carbocycles. The summed E-state index contributed by atoms with van der Waals surface area (Å²) in [5, 5.41) is 6.35. The standard InChI is InChI=1S/C15H22N2O3/c1-19-12-6-3-7-13(20-2)14(12)15(18)17-10-8-11-5-4-9-16-11/h3,6-7,11,16H,4-5,8-10H2,1-2H3,(H,17,18)/t11-/m1/s1. The zero-order valence-electron chi connectivity index (χ0n) is 12.1. The van der Waals surface area contributed by atoms with Crippen molar-refractivity contribution < 1.29 is 14.3 Å². The fourth-order valence-electron chi connectivity index (χ4n) is 2.53. The Labute approximate surface area is 119 Å². The van der Waals surface area contributed by atoms with Crippen LogP contribution in [0.2, 0.25) is 0 Å². The average Bonchev–Trinajstić information content (AvgIpc) is 2.99. The first kappa shape index (κ1) is 14.7. The largest absolute Gasteiger partial charge is 0.496 e. The third-order valence-electron chi connectivity index (χ3n) is 3.60. The molecule has 0 saturated carbocycles. The summed E-state index contributed by atoms with van der Waals surface area (Å²) >= 11 is 0. The van der Waals surface area contributed by atoms with E-state index in [2.05, 4.69) is 10.6 Å². The molecule has 5 nitrogen and oxygen atoms in total. The molecule has 1 amide bonds. The van der Waals surface area contributed by atoms with Crippen LogP contribution in [0.5, 0.6) is 11.5 Å². The summed E-state index contributed by atoms with van der Waals surface area (Å²) in [6.07, 6.45) is 3.36. The summed E-state index contributed by atoms with van der Waals surface area (Å²) in [6.45, 7) is 1.73. The van der Waals surface area contributed by atoms with Crippen LogP contribution in [0.25, 0.3) is 0 Å². The van der Waals surface area contributed by atoms with Gasteiger partial charge in [0.15, 0.2) is 0 Å². The fraction of sp³-hybridized carbons (Fsp3) is 0.533. The van der Waals surface area contributed by atoms with E-state index in [-0.39, 0.29) is 5.91 Å². The van der Waals surface area contributed by atoms with Crippen molar-refractivity contribution in [3.8, 4) is 11.5 Å². The van der Waals surface area contributed by atoms with E-state index in [0.717, 1.165) is 13.0 Å². The van der Waals surface area contributed by atoms with Crippen LogP contribution in [0.4, 0.5) is 0 Å². The molecule has 2 rings (SSSR count). The molecule has 1 atom stereocenters. The maximum absolute atomic E-state index is 12.3. The van der Waals surface area contributed by atoms with Crippen molar-refractivity contribution in [1.29, 1.82) is 0 Å². The van der Waals surface area contributed by atoms with Crippen molar-refractivity contribution >= 4 is 5.91 Å². The second-order valence-corrected chi connectivity index (χ2v) is 4.88. The number of rotatable bonds is 6. The SMILES string of the molecule is COc1cccc(OC)c1C(=O)NCC[C@H]1CCCN1. The highest BCUT2D eigenvalue weighted by Gasteiger charge is 2.19. The monoisotopic (exact) mass is 278 g/mol. The average molecular weight is 278 g/mol. The van der Waals surface area contributed by atoms with Crippen LogP contribution in [0.3, 0.4) is 0 Å². The third-order valence-corrected chi connectivity index (χ3v) is 3.60. The number of hydrogen-bond donors (Lipinski definition) is 2. The van der Waals surface area contributed by atoms with E-state index in [1.54, 1.807) is 32.4 Å². The van der Waals surface area contributed by atoms with Crippen molar-refractivity contribution in [1.82, 2.24) is 10.6 Å². The van der Waals surface area contributed by atoms with Crippen LogP contribution in [-0.4, -0.2) is 39.3 Å². The maximum atomic E-state index is 12.3. The lowest BCUT2D eigenvalue weighted by Crippen LogP contribution is -2.31. The van der Waals surface area contributed by atoms with E-state index < -0.39 is 0 Å². The Morgan fingerprint density at radius 2 is 2.05 bits per heavy atom. The number of ether oxygens (including phenoxy) is 2. The Morgan fingerprint density at radius 1 is 1.35 bits per heavy atom. The molecule has 1 heterocycles. The van der Waals surface area contributed by atoms with Crippen molar-refractivity contribution in [3.05, 3.63) is 23.8 Å². The van der Waals surface area contributed by atoms with Gasteiger partial charge in [0.25, 0.3) is 5.91 Å². The van der Waals surface area contributed by atoms with Crippen LogP contribution in [-0.2, 0) is 0 Å². The number of nitrogens with one attached hydrogen (secondary N) is 2. The van der Waals surface area contributed by atoms with E-state index in [4.69, 9.17) is 9.47 Å². The summed E-state index contributed by atoms with van der Waals surface area (Å²) in [5.41, 5.74) is 0.455. The van der Waals surface area contributed by atoms with Gasteiger partial charge in [-0.1, -0.05) is 6.07 Å². The molecule has 0 unspecified atom stereocenters. The number of methoxy groups -OCH3 is 2. The Balaban J connectivity index is 1.97. The van der Waals surface area contributed by atoms with Gasteiger partial charge in [0, 0.05) is 12.6 Å². The van der Waals surface area contributed by atoms with Gasteiger partial charge in [-0.05, 0) is 37.9 Å². The Morgan fingerprint density at radius 3 is 2.60 bits per heavy atom. The van der Waals surface area contributed by atoms with Crippen molar-refractivity contribution in [3.63, 3.8) is 0 Å². The first-order valence-electron chi connectivity index (χ1n) is 6.99. The van der Waals surface area contributed by atoms with Gasteiger partial charge in [0.1, 0.15) is 17.1 Å². The van der Waals surface area contributed by atoms with E-state index in [0.29, 0.717) is 29.6 Å². The normalized spacial score (nSPS) is 17.8. The molecule has 0 radical (unpaired) electrons. The van der Waals surface area contributed by atoms with Gasteiger partial charge >= 0.3 is 0 Å². The minimum Gasteiger partial charge on any atom is -0.496 e. The first-order chi connectivity index (χ1) is 9.76. The predicted octanol–water partition coefficient (Wildman–Crippen LogP) is 1.58. The predicted molar refractivity (Wildman–Crippen MR) is 77.5 cm³/mol. The molecule has 1 aliphatic heterocycles. The minimum atomic E-state index is -0.155. The molecular weight excluding hydrogens is 256 g/mol. The number of benzene rings is 1. The Kier molecular flexibility index (Phi) is 5.24. The summed E-state index contributed by atoms with van der Waals surface area (Å²) < 4.78 is 10.5. The molecule has 110 valence electrons. The van der Waals surface area contributed by atoms with Gasteiger partial charge in [-0.25, -0.2) is 0 Å². The van der Waals surface area contributed by atoms with Crippen LogP contribution >= 0.6 is 0 Å². The molecule has 2 N–H and O–H groups in total. The van der Waals surface area contributed by atoms with Gasteiger partial charge in [0.2, 0.25) is 0 Å². The quantitative estimate of drug-likeness (QED) is 0.829. The zero-order valence-corrected chi connectivity index (χ0v) is 12.1. The molecule has 0 bridgehead atoms. The highest BCUT2D eigenvalue weighted by molar-refractivity contribution is 5.99. The number of carbonyl (C=O) groups is 1. The van der Waals surface area contributed by atoms with E-state index in [9.17, 15) is 4.79 Å². The van der Waals surface area contributed by atoms with Gasteiger partial charge in [-0.2, -0.15) is 0 Å². The molecule has 20 heavy (non-hydrogen) atoms. The lowest BCUT2D eigenvalue weighted by molar-refractivity contribution is 0.0946. The molecule has 0 spiro atoms. The van der Waals surface area contributed by atoms with Gasteiger partial charge < -0.3 is 20.1 Å². The van der Waals surface area contributed by atoms with E-state index in [1.165, 1.54) is 12.8 Å². The maximum Gasteiger partial charge on any atom is 0.258 e. The second kappa shape index (κ2) is 7.14. The summed E-state index contributed by atoms with van der Waals surface area (Å²) in [4.78, 5) is 12.3. The second-order valence-electron chi connectivity index (χ2n) is 4.88. The third kappa shape index (κ3) is 3.42. The van der Waals surface area contributed by atoms with Crippen LogP contribution in [0.1, 0.15) is 29.6 Å². The molecule has 0 aromatic heterocycles. The molecular formula is C15H22N2O3. The van der Waals surface area contributed by atoms with Crippen LogP contribution in [0, 0.1) is 0 Å². The lowest BCUT2D eigenvalue weighted by atomic mass is 10.1. The number of carbonyl (C=O) groups excluding carboxylic acids is 1. The highest BCUT2D eigenvalue weighted by Crippen LogP contribution is 2.27. The smallest absolute Gasteiger partial charge is 0.258 e. The number of amides is 1. The molecule has 1 saturated heterocycles. The number of hydrogen-bond acceptors (Lipinski definition) is 4. The molecule has 5 heteroatoms. The van der Waals surface area contributed by atoms with Gasteiger partial charge in [-0.3, -0.25) is 4.79 Å². The molecule has 1 aromatic rings. The Bertz CT molecular complexity index is 434. The van der Waals surface area contributed by atoms with E-state index in [1.807, 2.05) is 0 Å². The van der Waals surface area contributed by atoms with Gasteiger partial charge in [-0.15, -0.1) is 0 Å². The molecule has 1 aromatic carbocycles.